The highest BCUT2D eigenvalue weighted by molar-refractivity contribution is 6.06. The molecule has 0 bridgehead atoms. The molecule has 1 aromatic carbocycles. The van der Waals surface area contributed by atoms with E-state index in [0.29, 0.717) is 56.4 Å². The maximum Gasteiger partial charge on any atom is 0.306 e. The van der Waals surface area contributed by atoms with E-state index in [0.717, 1.165) is 22.0 Å². The average molecular weight is 451 g/mol. The summed E-state index contributed by atoms with van der Waals surface area (Å²) in [4.78, 5) is 20.9. The molecule has 0 spiro atoms. The predicted octanol–water partition coefficient (Wildman–Crippen LogP) is 3.39. The third-order valence-electron chi connectivity index (χ3n) is 4.75. The van der Waals surface area contributed by atoms with Gasteiger partial charge in [0.2, 0.25) is 0 Å². The first-order valence-corrected chi connectivity index (χ1v) is 10.3. The predicted molar refractivity (Wildman–Crippen MR) is 123 cm³/mol. The number of hydrogen-bond acceptors (Lipinski definition) is 7. The number of benzene rings is 1. The first-order chi connectivity index (χ1) is 14.2. The number of nitrogens with two attached hydrogens (primary N) is 1. The van der Waals surface area contributed by atoms with Gasteiger partial charge in [0.05, 0.1) is 29.8 Å². The fraction of sp³-hybridized carbons (Fsp3) is 0.500. The summed E-state index contributed by atoms with van der Waals surface area (Å²) in [5, 5.41) is 11.4. The first-order valence-electron chi connectivity index (χ1n) is 10.3. The molecule has 3 rings (SSSR count). The fourth-order valence-electron chi connectivity index (χ4n) is 3.50. The lowest BCUT2D eigenvalue weighted by molar-refractivity contribution is -0.143. The Bertz CT molecular complexity index is 1060. The van der Waals surface area contributed by atoms with E-state index in [9.17, 15) is 9.90 Å². The number of esters is 1. The largest absolute Gasteiger partial charge is 0.466 e. The number of aromatic nitrogens is 3. The van der Waals surface area contributed by atoms with Gasteiger partial charge in [0.25, 0.3) is 0 Å². The molecule has 3 aromatic rings. The van der Waals surface area contributed by atoms with Gasteiger partial charge in [0.15, 0.2) is 5.82 Å². The van der Waals surface area contributed by atoms with Crippen LogP contribution in [0, 0.1) is 0 Å². The molecule has 2 aromatic heterocycles. The third kappa shape index (κ3) is 5.84. The number of fused-ring (bicyclic) bond motifs is 3. The number of anilines is 1. The molecular formula is C22H31ClN4O4. The lowest BCUT2D eigenvalue weighted by atomic mass is 10.1. The van der Waals surface area contributed by atoms with Crippen molar-refractivity contribution in [2.24, 2.45) is 0 Å². The maximum atomic E-state index is 11.7. The number of pyridine rings is 1. The summed E-state index contributed by atoms with van der Waals surface area (Å²) >= 11 is 0. The number of aliphatic hydroxyl groups is 1. The van der Waals surface area contributed by atoms with Crippen molar-refractivity contribution in [3.8, 4) is 0 Å². The highest BCUT2D eigenvalue weighted by Crippen LogP contribution is 2.31. The zero-order chi connectivity index (χ0) is 21.9. The van der Waals surface area contributed by atoms with Crippen LogP contribution in [-0.2, 0) is 33.8 Å². The van der Waals surface area contributed by atoms with Crippen LogP contribution in [0.4, 0.5) is 5.82 Å². The van der Waals surface area contributed by atoms with Gasteiger partial charge in [-0.2, -0.15) is 0 Å². The lowest BCUT2D eigenvalue weighted by Crippen LogP contribution is -2.27. The second kappa shape index (κ2) is 10.3. The molecule has 9 heteroatoms. The van der Waals surface area contributed by atoms with E-state index in [1.165, 1.54) is 0 Å². The number of nitrogen functional groups attached to an aromatic ring is 1. The van der Waals surface area contributed by atoms with Crippen LogP contribution in [-0.4, -0.2) is 44.4 Å². The normalized spacial score (nSPS) is 11.6. The summed E-state index contributed by atoms with van der Waals surface area (Å²) in [6.45, 7) is 8.82. The van der Waals surface area contributed by atoms with Crippen LogP contribution in [0.1, 0.15) is 45.5 Å². The molecule has 0 radical (unpaired) electrons. The molecule has 0 aliphatic heterocycles. The van der Waals surface area contributed by atoms with Crippen molar-refractivity contribution in [1.82, 2.24) is 14.5 Å². The average Bonchev–Trinajstić information content (AvgIpc) is 3.02. The van der Waals surface area contributed by atoms with Crippen molar-refractivity contribution in [3.05, 3.63) is 29.6 Å². The molecule has 0 amide bonds. The molecule has 0 unspecified atom stereocenters. The summed E-state index contributed by atoms with van der Waals surface area (Å²) in [5.41, 5.74) is 8.42. The molecule has 0 aliphatic carbocycles. The van der Waals surface area contributed by atoms with Crippen LogP contribution in [0.5, 0.6) is 0 Å². The zero-order valence-electron chi connectivity index (χ0n) is 18.5. The van der Waals surface area contributed by atoms with E-state index in [1.54, 1.807) is 20.8 Å². The van der Waals surface area contributed by atoms with Crippen molar-refractivity contribution in [3.63, 3.8) is 0 Å². The van der Waals surface area contributed by atoms with Gasteiger partial charge in [0, 0.05) is 18.4 Å². The number of halogens is 1. The Balaban J connectivity index is 0.00000341. The Morgan fingerprint density at radius 2 is 1.97 bits per heavy atom. The number of carbonyl (C=O) groups is 1. The second-order valence-electron chi connectivity index (χ2n) is 7.91. The number of carbonyl (C=O) groups excluding carboxylic acids is 1. The maximum absolute atomic E-state index is 11.7. The molecule has 31 heavy (non-hydrogen) atoms. The van der Waals surface area contributed by atoms with E-state index in [4.69, 9.17) is 15.2 Å². The molecule has 8 nitrogen and oxygen atoms in total. The minimum Gasteiger partial charge on any atom is -0.466 e. The van der Waals surface area contributed by atoms with Crippen LogP contribution in [0.15, 0.2) is 18.2 Å². The number of imidazole rings is 1. The van der Waals surface area contributed by atoms with Gasteiger partial charge in [-0.25, -0.2) is 9.97 Å². The Morgan fingerprint density at radius 1 is 1.23 bits per heavy atom. The molecule has 170 valence electrons. The minimum atomic E-state index is -0.946. The van der Waals surface area contributed by atoms with Crippen molar-refractivity contribution >= 4 is 46.1 Å². The van der Waals surface area contributed by atoms with Crippen molar-refractivity contribution < 1.29 is 19.4 Å². The van der Waals surface area contributed by atoms with Crippen LogP contribution in [0.2, 0.25) is 0 Å². The van der Waals surface area contributed by atoms with E-state index in [-0.39, 0.29) is 18.4 Å². The number of ether oxygens (including phenoxy) is 2. The number of aryl methyl sites for hydroxylation is 1. The van der Waals surface area contributed by atoms with E-state index >= 15 is 0 Å². The highest BCUT2D eigenvalue weighted by atomic mass is 35.5. The Hall–Kier alpha value is -2.42. The summed E-state index contributed by atoms with van der Waals surface area (Å²) in [6, 6.07) is 5.88. The van der Waals surface area contributed by atoms with Gasteiger partial charge in [-0.05, 0) is 45.7 Å². The molecule has 2 heterocycles. The van der Waals surface area contributed by atoms with Crippen LogP contribution in [0.3, 0.4) is 0 Å². The Labute approximate surface area is 188 Å². The first kappa shape index (κ1) is 24.8. The van der Waals surface area contributed by atoms with E-state index in [1.807, 2.05) is 29.7 Å². The van der Waals surface area contributed by atoms with Crippen LogP contribution in [0.25, 0.3) is 21.9 Å². The molecule has 0 aliphatic rings. The summed E-state index contributed by atoms with van der Waals surface area (Å²) in [7, 11) is 0. The standard InChI is InChI=1S/C22H30N4O4.ClH/c1-5-29-12-17-25-19-20(26(17)13-22(3,4)28)15-9-7-14(8-10-18(27)30-6-2)11-16(15)24-21(19)23;/h7,9,11,28H,5-6,8,10,12-13H2,1-4H3,(H2,23,24);1H. The Kier molecular flexibility index (Phi) is 8.22. The van der Waals surface area contributed by atoms with Crippen LogP contribution < -0.4 is 5.73 Å². The van der Waals surface area contributed by atoms with E-state index < -0.39 is 5.60 Å². The van der Waals surface area contributed by atoms with Crippen molar-refractivity contribution in [2.75, 3.05) is 18.9 Å². The monoisotopic (exact) mass is 450 g/mol. The smallest absolute Gasteiger partial charge is 0.306 e. The SMILES string of the molecule is CCOCc1nc2c(N)nc3cc(CCC(=O)OCC)ccc3c2n1CC(C)(C)O.Cl. The van der Waals surface area contributed by atoms with Gasteiger partial charge < -0.3 is 24.9 Å². The van der Waals surface area contributed by atoms with Gasteiger partial charge in [-0.1, -0.05) is 12.1 Å². The quantitative estimate of drug-likeness (QED) is 0.480. The second-order valence-corrected chi connectivity index (χ2v) is 7.91. The Morgan fingerprint density at radius 3 is 2.61 bits per heavy atom. The van der Waals surface area contributed by atoms with E-state index in [2.05, 4.69) is 9.97 Å². The molecule has 3 N–H and O–H groups in total. The minimum absolute atomic E-state index is 0. The van der Waals surface area contributed by atoms with Crippen molar-refractivity contribution in [1.29, 1.82) is 0 Å². The van der Waals surface area contributed by atoms with Gasteiger partial charge in [0.1, 0.15) is 17.9 Å². The zero-order valence-corrected chi connectivity index (χ0v) is 19.3. The summed E-state index contributed by atoms with van der Waals surface area (Å²) < 4.78 is 12.5. The van der Waals surface area contributed by atoms with Gasteiger partial charge in [-0.3, -0.25) is 4.79 Å². The number of nitrogens with zero attached hydrogens (tertiary/aromatic N) is 3. The summed E-state index contributed by atoms with van der Waals surface area (Å²) in [5.74, 6) is 0.804. The van der Waals surface area contributed by atoms with Gasteiger partial charge >= 0.3 is 5.97 Å². The molecule has 0 atom stereocenters. The van der Waals surface area contributed by atoms with Gasteiger partial charge in [-0.15, -0.1) is 12.4 Å². The van der Waals surface area contributed by atoms with Crippen molar-refractivity contribution in [2.45, 2.75) is 59.3 Å². The number of rotatable bonds is 9. The van der Waals surface area contributed by atoms with Crippen LogP contribution >= 0.6 is 12.4 Å². The third-order valence-corrected chi connectivity index (χ3v) is 4.75. The fourth-order valence-corrected chi connectivity index (χ4v) is 3.50. The summed E-state index contributed by atoms with van der Waals surface area (Å²) in [6.07, 6.45) is 0.874. The number of hydrogen-bond donors (Lipinski definition) is 2. The topological polar surface area (TPSA) is 112 Å². The molecule has 0 saturated heterocycles. The molecule has 0 saturated carbocycles. The molecule has 0 fully saturated rings. The molecular weight excluding hydrogens is 420 g/mol. The highest BCUT2D eigenvalue weighted by Gasteiger charge is 2.22. The lowest BCUT2D eigenvalue weighted by Gasteiger charge is -2.20.